The molecule has 0 saturated heterocycles. The molecule has 0 radical (unpaired) electrons. The van der Waals surface area contributed by atoms with Crippen LogP contribution in [0.15, 0.2) is 30.3 Å². The summed E-state index contributed by atoms with van der Waals surface area (Å²) in [6.45, 7) is 2.59. The van der Waals surface area contributed by atoms with E-state index >= 15 is 0 Å². The van der Waals surface area contributed by atoms with E-state index in [0.29, 0.717) is 31.2 Å². The minimum absolute atomic E-state index is 0.0915. The van der Waals surface area contributed by atoms with Crippen LogP contribution >= 0.6 is 0 Å². The van der Waals surface area contributed by atoms with Gasteiger partial charge in [-0.15, -0.1) is 0 Å². The lowest BCUT2D eigenvalue weighted by Crippen LogP contribution is -2.54. The molecule has 0 aliphatic heterocycles. The summed E-state index contributed by atoms with van der Waals surface area (Å²) in [6, 6.07) is 8.80. The van der Waals surface area contributed by atoms with Crippen LogP contribution in [-0.2, 0) is 20.9 Å². The normalized spacial score (nSPS) is 23.3. The molecule has 4 N–H and O–H groups in total. The standard InChI is InChI=1S/C23H33N3O4/c1-16(11-23-12-18(13-23)14-23)21(28)26-19(20(24)27)9-5-6-10-25-22(29)30-15-17-7-3-2-4-8-17/h2-4,7-8,16,18-19H,5-6,9-15H2,1H3,(H2,24,27)(H,25,29)(H,26,28)/t16-,18?,19-,23?/m0/s1. The van der Waals surface area contributed by atoms with Gasteiger partial charge >= 0.3 is 6.09 Å². The maximum Gasteiger partial charge on any atom is 0.407 e. The molecule has 3 aliphatic carbocycles. The molecule has 0 unspecified atom stereocenters. The van der Waals surface area contributed by atoms with Gasteiger partial charge < -0.3 is 21.1 Å². The van der Waals surface area contributed by atoms with Crippen LogP contribution in [0.3, 0.4) is 0 Å². The topological polar surface area (TPSA) is 111 Å². The largest absolute Gasteiger partial charge is 0.445 e. The van der Waals surface area contributed by atoms with Crippen molar-refractivity contribution in [2.45, 2.75) is 64.5 Å². The Balaban J connectivity index is 1.28. The summed E-state index contributed by atoms with van der Waals surface area (Å²) in [5, 5.41) is 5.51. The zero-order chi connectivity index (χ0) is 21.6. The Hall–Kier alpha value is -2.57. The Bertz CT molecular complexity index is 735. The molecule has 1 aromatic rings. The highest BCUT2D eigenvalue weighted by molar-refractivity contribution is 5.87. The van der Waals surface area contributed by atoms with Gasteiger partial charge in [0.05, 0.1) is 0 Å². The van der Waals surface area contributed by atoms with Crippen molar-refractivity contribution in [3.63, 3.8) is 0 Å². The molecule has 2 bridgehead atoms. The van der Waals surface area contributed by atoms with Gasteiger partial charge in [-0.05, 0) is 61.8 Å². The lowest BCUT2D eigenvalue weighted by atomic mass is 9.42. The number of carbonyl (C=O) groups is 3. The van der Waals surface area contributed by atoms with E-state index in [9.17, 15) is 14.4 Å². The molecule has 0 spiro atoms. The maximum atomic E-state index is 12.5. The Labute approximate surface area is 178 Å². The van der Waals surface area contributed by atoms with E-state index in [1.165, 1.54) is 19.3 Å². The number of carbonyl (C=O) groups excluding carboxylic acids is 3. The lowest BCUT2D eigenvalue weighted by Gasteiger charge is -2.63. The lowest BCUT2D eigenvalue weighted by molar-refractivity contribution is -0.141. The van der Waals surface area contributed by atoms with Gasteiger partial charge in [0.1, 0.15) is 12.6 Å². The van der Waals surface area contributed by atoms with Crippen LogP contribution in [0.1, 0.15) is 57.4 Å². The second-order valence-corrected chi connectivity index (χ2v) is 9.03. The van der Waals surface area contributed by atoms with Crippen molar-refractivity contribution in [1.29, 1.82) is 0 Å². The predicted octanol–water partition coefficient (Wildman–Crippen LogP) is 2.88. The van der Waals surface area contributed by atoms with Crippen molar-refractivity contribution in [2.75, 3.05) is 6.54 Å². The molecule has 1 aromatic carbocycles. The predicted molar refractivity (Wildman–Crippen MR) is 113 cm³/mol. The highest BCUT2D eigenvalue weighted by Gasteiger charge is 2.56. The van der Waals surface area contributed by atoms with Crippen molar-refractivity contribution in [3.05, 3.63) is 35.9 Å². The van der Waals surface area contributed by atoms with E-state index in [1.54, 1.807) is 0 Å². The first-order valence-corrected chi connectivity index (χ1v) is 10.9. The fourth-order valence-corrected chi connectivity index (χ4v) is 4.69. The summed E-state index contributed by atoms with van der Waals surface area (Å²) in [7, 11) is 0. The van der Waals surface area contributed by atoms with Crippen molar-refractivity contribution in [1.82, 2.24) is 10.6 Å². The molecule has 3 aliphatic rings. The molecule has 3 fully saturated rings. The summed E-state index contributed by atoms with van der Waals surface area (Å²) >= 11 is 0. The summed E-state index contributed by atoms with van der Waals surface area (Å²) in [5.41, 5.74) is 6.79. The number of primary amides is 1. The summed E-state index contributed by atoms with van der Waals surface area (Å²) < 4.78 is 5.15. The van der Waals surface area contributed by atoms with Gasteiger partial charge in [0.15, 0.2) is 0 Å². The van der Waals surface area contributed by atoms with Gasteiger partial charge in [-0.3, -0.25) is 9.59 Å². The number of hydrogen-bond acceptors (Lipinski definition) is 4. The van der Waals surface area contributed by atoms with E-state index in [0.717, 1.165) is 17.9 Å². The van der Waals surface area contributed by atoms with Gasteiger partial charge in [0.2, 0.25) is 11.8 Å². The van der Waals surface area contributed by atoms with Gasteiger partial charge in [0.25, 0.3) is 0 Å². The number of amides is 3. The van der Waals surface area contributed by atoms with Gasteiger partial charge in [0, 0.05) is 12.5 Å². The number of alkyl carbamates (subject to hydrolysis) is 1. The van der Waals surface area contributed by atoms with Crippen LogP contribution in [0.25, 0.3) is 0 Å². The zero-order valence-corrected chi connectivity index (χ0v) is 17.7. The van der Waals surface area contributed by atoms with Crippen molar-refractivity contribution >= 4 is 17.9 Å². The molecule has 30 heavy (non-hydrogen) atoms. The molecule has 4 rings (SSSR count). The van der Waals surface area contributed by atoms with Gasteiger partial charge in [-0.25, -0.2) is 4.79 Å². The second kappa shape index (κ2) is 9.96. The average Bonchev–Trinajstić information content (AvgIpc) is 2.67. The first-order chi connectivity index (χ1) is 14.4. The SMILES string of the molecule is C[C@@H](CC12CC(C1)C2)C(=O)N[C@@H](CCCCNC(=O)OCc1ccccc1)C(N)=O. The third-order valence-corrected chi connectivity index (χ3v) is 6.41. The van der Waals surface area contributed by atoms with E-state index in [-0.39, 0.29) is 18.4 Å². The minimum Gasteiger partial charge on any atom is -0.445 e. The van der Waals surface area contributed by atoms with Crippen molar-refractivity contribution in [3.8, 4) is 0 Å². The third-order valence-electron chi connectivity index (χ3n) is 6.41. The number of hydrogen-bond donors (Lipinski definition) is 3. The highest BCUT2D eigenvalue weighted by atomic mass is 16.5. The van der Waals surface area contributed by atoms with Crippen molar-refractivity contribution in [2.24, 2.45) is 23.0 Å². The Morgan fingerprint density at radius 2 is 1.87 bits per heavy atom. The number of benzene rings is 1. The fraction of sp³-hybridized carbons (Fsp3) is 0.609. The first-order valence-electron chi connectivity index (χ1n) is 10.9. The monoisotopic (exact) mass is 415 g/mol. The average molecular weight is 416 g/mol. The smallest absolute Gasteiger partial charge is 0.407 e. The fourth-order valence-electron chi connectivity index (χ4n) is 4.69. The molecule has 7 nitrogen and oxygen atoms in total. The second-order valence-electron chi connectivity index (χ2n) is 9.03. The molecule has 2 atom stereocenters. The number of unbranched alkanes of at least 4 members (excludes halogenated alkanes) is 1. The van der Waals surface area contributed by atoms with Crippen LogP contribution in [0, 0.1) is 17.3 Å². The van der Waals surface area contributed by atoms with Crippen LogP contribution in [0.2, 0.25) is 0 Å². The summed E-state index contributed by atoms with van der Waals surface area (Å²) in [4.78, 5) is 35.9. The van der Waals surface area contributed by atoms with E-state index < -0.39 is 18.0 Å². The van der Waals surface area contributed by atoms with Crippen LogP contribution < -0.4 is 16.4 Å². The van der Waals surface area contributed by atoms with Crippen LogP contribution in [0.4, 0.5) is 4.79 Å². The Morgan fingerprint density at radius 1 is 1.17 bits per heavy atom. The quantitative estimate of drug-likeness (QED) is 0.456. The zero-order valence-electron chi connectivity index (χ0n) is 17.7. The molecule has 3 amide bonds. The molecular formula is C23H33N3O4. The summed E-state index contributed by atoms with van der Waals surface area (Å²) in [6.07, 6.45) is 5.98. The summed E-state index contributed by atoms with van der Waals surface area (Å²) in [5.74, 6) is 0.180. The number of ether oxygens (including phenoxy) is 1. The maximum absolute atomic E-state index is 12.5. The van der Waals surface area contributed by atoms with Crippen molar-refractivity contribution < 1.29 is 19.1 Å². The molecule has 0 aromatic heterocycles. The minimum atomic E-state index is -0.669. The highest BCUT2D eigenvalue weighted by Crippen LogP contribution is 2.67. The van der Waals surface area contributed by atoms with Crippen LogP contribution in [0.5, 0.6) is 0 Å². The third kappa shape index (κ3) is 5.97. The molecular weight excluding hydrogens is 382 g/mol. The van der Waals surface area contributed by atoms with Crippen LogP contribution in [-0.4, -0.2) is 30.5 Å². The molecule has 0 heterocycles. The number of nitrogens with one attached hydrogen (secondary N) is 2. The van der Waals surface area contributed by atoms with E-state index in [2.05, 4.69) is 10.6 Å². The first kappa shape index (κ1) is 22.1. The molecule has 3 saturated carbocycles. The van der Waals surface area contributed by atoms with E-state index in [1.807, 2.05) is 37.3 Å². The Morgan fingerprint density at radius 3 is 2.47 bits per heavy atom. The molecule has 164 valence electrons. The van der Waals surface area contributed by atoms with E-state index in [4.69, 9.17) is 10.5 Å². The number of nitrogens with two attached hydrogens (primary N) is 1. The molecule has 7 heteroatoms. The van der Waals surface area contributed by atoms with Gasteiger partial charge in [-0.1, -0.05) is 37.3 Å². The van der Waals surface area contributed by atoms with Gasteiger partial charge in [-0.2, -0.15) is 0 Å². The Kier molecular flexibility index (Phi) is 7.34. The number of rotatable bonds is 12.